The Hall–Kier alpha value is -1.00. The Bertz CT molecular complexity index is 222. The molecule has 0 aromatic carbocycles. The summed E-state index contributed by atoms with van der Waals surface area (Å²) in [6, 6.07) is 1.43. The molecule has 1 heterocycles. The molecule has 0 spiro atoms. The Morgan fingerprint density at radius 2 is 2.55 bits per heavy atom. The van der Waals surface area contributed by atoms with Gasteiger partial charge in [0.05, 0.1) is 19.8 Å². The fourth-order valence-electron chi connectivity index (χ4n) is 0.933. The summed E-state index contributed by atoms with van der Waals surface area (Å²) in [7, 11) is 1.55. The van der Waals surface area contributed by atoms with E-state index in [0.717, 1.165) is 5.56 Å². The lowest BCUT2D eigenvalue weighted by atomic mass is 10.2. The molecular formula is C7H12N2O2. The van der Waals surface area contributed by atoms with Gasteiger partial charge in [0.1, 0.15) is 0 Å². The highest BCUT2D eigenvalue weighted by Crippen LogP contribution is 2.20. The molecule has 1 aromatic rings. The van der Waals surface area contributed by atoms with Crippen molar-refractivity contribution < 1.29 is 9.84 Å². The van der Waals surface area contributed by atoms with Crippen molar-refractivity contribution in [3.63, 3.8) is 0 Å². The predicted octanol–water partition coefficient (Wildman–Crippen LogP) is 0.0154. The van der Waals surface area contributed by atoms with Gasteiger partial charge in [0, 0.05) is 11.8 Å². The monoisotopic (exact) mass is 156 g/mol. The van der Waals surface area contributed by atoms with E-state index >= 15 is 0 Å². The summed E-state index contributed by atoms with van der Waals surface area (Å²) in [6.07, 6.45) is 1.73. The van der Waals surface area contributed by atoms with E-state index in [1.54, 1.807) is 19.4 Å². The molecule has 0 saturated carbocycles. The van der Waals surface area contributed by atoms with Crippen LogP contribution in [0.1, 0.15) is 11.6 Å². The number of aromatic amines is 1. The van der Waals surface area contributed by atoms with Gasteiger partial charge in [0.2, 0.25) is 0 Å². The number of methoxy groups -OCH3 is 1. The van der Waals surface area contributed by atoms with Crippen molar-refractivity contribution >= 4 is 0 Å². The van der Waals surface area contributed by atoms with Crippen molar-refractivity contribution in [2.24, 2.45) is 5.73 Å². The average molecular weight is 156 g/mol. The smallest absolute Gasteiger partial charge is 0.195 e. The second kappa shape index (κ2) is 3.41. The third-order valence-electron chi connectivity index (χ3n) is 1.54. The molecule has 4 N–H and O–H groups in total. The minimum absolute atomic E-state index is 0.0752. The van der Waals surface area contributed by atoms with Crippen molar-refractivity contribution in [2.75, 3.05) is 13.7 Å². The summed E-state index contributed by atoms with van der Waals surface area (Å²) in [6.45, 7) is -0.0752. The quantitative estimate of drug-likeness (QED) is 0.577. The zero-order valence-corrected chi connectivity index (χ0v) is 6.37. The highest BCUT2D eigenvalue weighted by molar-refractivity contribution is 5.29. The van der Waals surface area contributed by atoms with E-state index in [1.807, 2.05) is 0 Å². The first kappa shape index (κ1) is 8.10. The molecule has 0 aliphatic rings. The zero-order valence-electron chi connectivity index (χ0n) is 6.37. The second-order valence-electron chi connectivity index (χ2n) is 2.26. The van der Waals surface area contributed by atoms with Gasteiger partial charge in [-0.3, -0.25) is 0 Å². The first-order valence-electron chi connectivity index (χ1n) is 3.37. The van der Waals surface area contributed by atoms with E-state index < -0.39 is 0 Å². The Kier molecular flexibility index (Phi) is 2.51. The normalized spacial score (nSPS) is 13.0. The summed E-state index contributed by atoms with van der Waals surface area (Å²) in [5, 5.41) is 8.73. The van der Waals surface area contributed by atoms with E-state index in [4.69, 9.17) is 15.6 Å². The lowest BCUT2D eigenvalue weighted by molar-refractivity contribution is 0.264. The van der Waals surface area contributed by atoms with E-state index in [2.05, 4.69) is 4.98 Å². The maximum absolute atomic E-state index is 8.73. The van der Waals surface area contributed by atoms with E-state index in [0.29, 0.717) is 5.88 Å². The average Bonchev–Trinajstić information content (AvgIpc) is 2.50. The van der Waals surface area contributed by atoms with Crippen LogP contribution in [0, 0.1) is 0 Å². The minimum Gasteiger partial charge on any atom is -0.482 e. The molecule has 0 saturated heterocycles. The zero-order chi connectivity index (χ0) is 8.27. The molecule has 0 amide bonds. The van der Waals surface area contributed by atoms with Crippen LogP contribution in [0.2, 0.25) is 0 Å². The van der Waals surface area contributed by atoms with E-state index in [-0.39, 0.29) is 12.6 Å². The van der Waals surface area contributed by atoms with Crippen LogP contribution < -0.4 is 10.5 Å². The maximum atomic E-state index is 8.73. The highest BCUT2D eigenvalue weighted by atomic mass is 16.5. The molecule has 0 aliphatic heterocycles. The highest BCUT2D eigenvalue weighted by Gasteiger charge is 2.10. The van der Waals surface area contributed by atoms with Gasteiger partial charge in [-0.05, 0) is 6.07 Å². The largest absolute Gasteiger partial charge is 0.482 e. The molecule has 1 rings (SSSR count). The van der Waals surface area contributed by atoms with Gasteiger partial charge in [0.25, 0.3) is 0 Å². The second-order valence-corrected chi connectivity index (χ2v) is 2.26. The molecule has 4 nitrogen and oxygen atoms in total. The number of rotatable bonds is 3. The summed E-state index contributed by atoms with van der Waals surface area (Å²) >= 11 is 0. The predicted molar refractivity (Wildman–Crippen MR) is 41.4 cm³/mol. The first-order valence-corrected chi connectivity index (χ1v) is 3.37. The van der Waals surface area contributed by atoms with Crippen LogP contribution in [0.25, 0.3) is 0 Å². The SMILES string of the molecule is COc1[nH]ccc1C(N)CO. The van der Waals surface area contributed by atoms with Gasteiger partial charge in [-0.25, -0.2) is 0 Å². The van der Waals surface area contributed by atoms with E-state index in [9.17, 15) is 0 Å². The molecule has 4 heteroatoms. The molecule has 62 valence electrons. The minimum atomic E-state index is -0.365. The molecule has 0 bridgehead atoms. The van der Waals surface area contributed by atoms with Crippen LogP contribution >= 0.6 is 0 Å². The summed E-state index contributed by atoms with van der Waals surface area (Å²) in [5.74, 6) is 0.617. The van der Waals surface area contributed by atoms with Gasteiger partial charge >= 0.3 is 0 Å². The molecule has 1 atom stereocenters. The van der Waals surface area contributed by atoms with Gasteiger partial charge < -0.3 is 20.6 Å². The molecule has 1 unspecified atom stereocenters. The van der Waals surface area contributed by atoms with Gasteiger partial charge in [-0.2, -0.15) is 0 Å². The van der Waals surface area contributed by atoms with E-state index in [1.165, 1.54) is 0 Å². The fourth-order valence-corrected chi connectivity index (χ4v) is 0.933. The van der Waals surface area contributed by atoms with Crippen LogP contribution in [-0.2, 0) is 0 Å². The van der Waals surface area contributed by atoms with Crippen molar-refractivity contribution in [1.29, 1.82) is 0 Å². The number of hydrogen-bond acceptors (Lipinski definition) is 3. The van der Waals surface area contributed by atoms with Gasteiger partial charge in [-0.1, -0.05) is 0 Å². The molecule has 0 aliphatic carbocycles. The van der Waals surface area contributed by atoms with Crippen molar-refractivity contribution in [3.8, 4) is 5.88 Å². The number of ether oxygens (including phenoxy) is 1. The summed E-state index contributed by atoms with van der Waals surface area (Å²) in [4.78, 5) is 2.86. The Morgan fingerprint density at radius 3 is 3.09 bits per heavy atom. The lowest BCUT2D eigenvalue weighted by Gasteiger charge is -2.07. The number of nitrogens with two attached hydrogens (primary N) is 1. The molecule has 1 aromatic heterocycles. The Balaban J connectivity index is 2.83. The first-order chi connectivity index (χ1) is 5.29. The van der Waals surface area contributed by atoms with Crippen molar-refractivity contribution in [3.05, 3.63) is 17.8 Å². The number of H-pyrrole nitrogens is 1. The number of aliphatic hydroxyl groups is 1. The lowest BCUT2D eigenvalue weighted by Crippen LogP contribution is -2.14. The number of nitrogens with one attached hydrogen (secondary N) is 1. The number of aliphatic hydroxyl groups excluding tert-OH is 1. The van der Waals surface area contributed by atoms with Gasteiger partial charge in [-0.15, -0.1) is 0 Å². The van der Waals surface area contributed by atoms with Crippen LogP contribution in [0.5, 0.6) is 5.88 Å². The summed E-state index contributed by atoms with van der Waals surface area (Å²) in [5.41, 5.74) is 6.37. The number of aromatic nitrogens is 1. The molecule has 11 heavy (non-hydrogen) atoms. The fraction of sp³-hybridized carbons (Fsp3) is 0.429. The van der Waals surface area contributed by atoms with Crippen LogP contribution in [-0.4, -0.2) is 23.8 Å². The molecule has 0 fully saturated rings. The van der Waals surface area contributed by atoms with Crippen LogP contribution in [0.4, 0.5) is 0 Å². The standard InChI is InChI=1S/C7H12N2O2/c1-11-7-5(2-3-9-7)6(8)4-10/h2-3,6,9-10H,4,8H2,1H3. The Morgan fingerprint density at radius 1 is 1.82 bits per heavy atom. The molecule has 0 radical (unpaired) electrons. The van der Waals surface area contributed by atoms with Crippen LogP contribution in [0.3, 0.4) is 0 Å². The number of hydrogen-bond donors (Lipinski definition) is 3. The Labute approximate surface area is 65.0 Å². The molecular weight excluding hydrogens is 144 g/mol. The maximum Gasteiger partial charge on any atom is 0.195 e. The third-order valence-corrected chi connectivity index (χ3v) is 1.54. The van der Waals surface area contributed by atoms with Crippen molar-refractivity contribution in [1.82, 2.24) is 4.98 Å². The van der Waals surface area contributed by atoms with Crippen LogP contribution in [0.15, 0.2) is 12.3 Å². The topological polar surface area (TPSA) is 71.3 Å². The van der Waals surface area contributed by atoms with Crippen molar-refractivity contribution in [2.45, 2.75) is 6.04 Å². The summed E-state index contributed by atoms with van der Waals surface area (Å²) < 4.78 is 4.96. The van der Waals surface area contributed by atoms with Gasteiger partial charge in [0.15, 0.2) is 5.88 Å². The third kappa shape index (κ3) is 1.53.